The lowest BCUT2D eigenvalue weighted by Crippen LogP contribution is -2.16. The SMILES string of the molecule is Cc1ccc(CNCC2CC2C)cc1[N+](=O)[O-]. The molecule has 0 aromatic heterocycles. The maximum absolute atomic E-state index is 10.8. The Labute approximate surface area is 101 Å². The molecule has 92 valence electrons. The largest absolute Gasteiger partial charge is 0.312 e. The number of rotatable bonds is 5. The summed E-state index contributed by atoms with van der Waals surface area (Å²) in [6.07, 6.45) is 1.31. The number of hydrogen-bond acceptors (Lipinski definition) is 3. The smallest absolute Gasteiger partial charge is 0.272 e. The van der Waals surface area contributed by atoms with Gasteiger partial charge >= 0.3 is 0 Å². The van der Waals surface area contributed by atoms with Crippen LogP contribution in [0.25, 0.3) is 0 Å². The van der Waals surface area contributed by atoms with E-state index in [1.165, 1.54) is 6.42 Å². The van der Waals surface area contributed by atoms with Gasteiger partial charge in [-0.15, -0.1) is 0 Å². The van der Waals surface area contributed by atoms with Gasteiger partial charge in [0.25, 0.3) is 5.69 Å². The molecule has 1 aromatic rings. The minimum atomic E-state index is -0.318. The highest BCUT2D eigenvalue weighted by atomic mass is 16.6. The zero-order chi connectivity index (χ0) is 12.4. The fourth-order valence-corrected chi connectivity index (χ4v) is 2.05. The third kappa shape index (κ3) is 3.03. The number of nitro benzene ring substituents is 1. The second-order valence-corrected chi connectivity index (χ2v) is 4.98. The van der Waals surface area contributed by atoms with E-state index in [0.717, 1.165) is 29.5 Å². The lowest BCUT2D eigenvalue weighted by molar-refractivity contribution is -0.385. The van der Waals surface area contributed by atoms with Crippen molar-refractivity contribution in [3.8, 4) is 0 Å². The first kappa shape index (κ1) is 12.0. The second-order valence-electron chi connectivity index (χ2n) is 4.98. The van der Waals surface area contributed by atoms with Crippen LogP contribution in [0.2, 0.25) is 0 Å². The van der Waals surface area contributed by atoms with Gasteiger partial charge in [0.1, 0.15) is 0 Å². The molecule has 2 rings (SSSR count). The van der Waals surface area contributed by atoms with Gasteiger partial charge in [-0.05, 0) is 37.3 Å². The molecule has 0 spiro atoms. The van der Waals surface area contributed by atoms with Gasteiger partial charge in [-0.2, -0.15) is 0 Å². The Morgan fingerprint density at radius 3 is 2.82 bits per heavy atom. The summed E-state index contributed by atoms with van der Waals surface area (Å²) >= 11 is 0. The fraction of sp³-hybridized carbons (Fsp3) is 0.538. The van der Waals surface area contributed by atoms with Crippen LogP contribution in [0, 0.1) is 28.9 Å². The van der Waals surface area contributed by atoms with E-state index < -0.39 is 0 Å². The molecule has 1 aliphatic rings. The first-order valence-corrected chi connectivity index (χ1v) is 6.02. The van der Waals surface area contributed by atoms with Crippen molar-refractivity contribution < 1.29 is 4.92 Å². The summed E-state index contributed by atoms with van der Waals surface area (Å²) in [5.41, 5.74) is 1.91. The number of aryl methyl sites for hydroxylation is 1. The normalized spacial score (nSPS) is 22.5. The summed E-state index contributed by atoms with van der Waals surface area (Å²) < 4.78 is 0. The topological polar surface area (TPSA) is 55.2 Å². The first-order valence-electron chi connectivity index (χ1n) is 6.02. The van der Waals surface area contributed by atoms with E-state index in [1.54, 1.807) is 13.0 Å². The molecule has 1 aliphatic carbocycles. The molecular weight excluding hydrogens is 216 g/mol. The second kappa shape index (κ2) is 4.84. The lowest BCUT2D eigenvalue weighted by Gasteiger charge is -2.05. The van der Waals surface area contributed by atoms with Gasteiger partial charge in [-0.1, -0.05) is 19.1 Å². The molecule has 1 N–H and O–H groups in total. The molecule has 0 saturated heterocycles. The Bertz CT molecular complexity index is 431. The molecule has 2 atom stereocenters. The monoisotopic (exact) mass is 234 g/mol. The highest BCUT2D eigenvalue weighted by Crippen LogP contribution is 2.36. The molecule has 0 bridgehead atoms. The lowest BCUT2D eigenvalue weighted by atomic mass is 10.1. The minimum absolute atomic E-state index is 0.212. The van der Waals surface area contributed by atoms with Crippen LogP contribution in [0.15, 0.2) is 18.2 Å². The van der Waals surface area contributed by atoms with Gasteiger partial charge in [0, 0.05) is 18.2 Å². The highest BCUT2D eigenvalue weighted by Gasteiger charge is 2.31. The van der Waals surface area contributed by atoms with E-state index in [0.29, 0.717) is 6.54 Å². The van der Waals surface area contributed by atoms with Crippen LogP contribution in [-0.2, 0) is 6.54 Å². The van der Waals surface area contributed by atoms with Crippen molar-refractivity contribution in [2.75, 3.05) is 6.54 Å². The summed E-state index contributed by atoms with van der Waals surface area (Å²) in [6, 6.07) is 5.43. The fourth-order valence-electron chi connectivity index (χ4n) is 2.05. The van der Waals surface area contributed by atoms with Crippen LogP contribution in [0.1, 0.15) is 24.5 Å². The summed E-state index contributed by atoms with van der Waals surface area (Å²) in [7, 11) is 0. The van der Waals surface area contributed by atoms with E-state index in [1.807, 2.05) is 12.1 Å². The summed E-state index contributed by atoms with van der Waals surface area (Å²) in [6.45, 7) is 5.75. The van der Waals surface area contributed by atoms with Gasteiger partial charge in [0.05, 0.1) is 4.92 Å². The van der Waals surface area contributed by atoms with Crippen molar-refractivity contribution in [3.63, 3.8) is 0 Å². The maximum atomic E-state index is 10.8. The molecule has 17 heavy (non-hydrogen) atoms. The third-order valence-electron chi connectivity index (χ3n) is 3.48. The zero-order valence-corrected chi connectivity index (χ0v) is 10.3. The molecule has 0 radical (unpaired) electrons. The quantitative estimate of drug-likeness (QED) is 0.629. The molecule has 4 heteroatoms. The van der Waals surface area contributed by atoms with Crippen LogP contribution in [-0.4, -0.2) is 11.5 Å². The first-order chi connectivity index (χ1) is 8.08. The van der Waals surface area contributed by atoms with Crippen LogP contribution in [0.5, 0.6) is 0 Å². The molecule has 0 aliphatic heterocycles. The predicted octanol–water partition coefficient (Wildman–Crippen LogP) is 2.65. The van der Waals surface area contributed by atoms with Crippen molar-refractivity contribution in [2.45, 2.75) is 26.8 Å². The number of nitrogens with zero attached hydrogens (tertiary/aromatic N) is 1. The van der Waals surface area contributed by atoms with Gasteiger partial charge in [0.15, 0.2) is 0 Å². The van der Waals surface area contributed by atoms with Crippen LogP contribution >= 0.6 is 0 Å². The van der Waals surface area contributed by atoms with Gasteiger partial charge in [-0.3, -0.25) is 10.1 Å². The van der Waals surface area contributed by atoms with Crippen molar-refractivity contribution in [1.82, 2.24) is 5.32 Å². The number of hydrogen-bond donors (Lipinski definition) is 1. The molecular formula is C13H18N2O2. The Balaban J connectivity index is 1.91. The molecule has 1 saturated carbocycles. The van der Waals surface area contributed by atoms with Crippen molar-refractivity contribution in [3.05, 3.63) is 39.4 Å². The van der Waals surface area contributed by atoms with Crippen molar-refractivity contribution in [1.29, 1.82) is 0 Å². The number of nitro groups is 1. The molecule has 0 amide bonds. The van der Waals surface area contributed by atoms with E-state index in [4.69, 9.17) is 0 Å². The maximum Gasteiger partial charge on any atom is 0.272 e. The van der Waals surface area contributed by atoms with Gasteiger partial charge in [-0.25, -0.2) is 0 Å². The zero-order valence-electron chi connectivity index (χ0n) is 10.3. The summed E-state index contributed by atoms with van der Waals surface area (Å²) in [5, 5.41) is 14.2. The Morgan fingerprint density at radius 2 is 2.24 bits per heavy atom. The van der Waals surface area contributed by atoms with E-state index >= 15 is 0 Å². The van der Waals surface area contributed by atoms with Crippen LogP contribution < -0.4 is 5.32 Å². The van der Waals surface area contributed by atoms with E-state index in [9.17, 15) is 10.1 Å². The van der Waals surface area contributed by atoms with Crippen molar-refractivity contribution >= 4 is 5.69 Å². The summed E-state index contributed by atoms with van der Waals surface area (Å²) in [4.78, 5) is 10.5. The minimum Gasteiger partial charge on any atom is -0.312 e. The number of benzene rings is 1. The third-order valence-corrected chi connectivity index (χ3v) is 3.48. The Kier molecular flexibility index (Phi) is 3.43. The van der Waals surface area contributed by atoms with Crippen LogP contribution in [0.4, 0.5) is 5.69 Å². The molecule has 1 aromatic carbocycles. The average Bonchev–Trinajstić information content (AvgIpc) is 2.97. The van der Waals surface area contributed by atoms with Gasteiger partial charge in [0.2, 0.25) is 0 Å². The molecule has 2 unspecified atom stereocenters. The number of nitrogens with one attached hydrogen (secondary N) is 1. The predicted molar refractivity (Wildman–Crippen MR) is 66.8 cm³/mol. The van der Waals surface area contributed by atoms with E-state index in [2.05, 4.69) is 12.2 Å². The highest BCUT2D eigenvalue weighted by molar-refractivity contribution is 5.42. The Hall–Kier alpha value is -1.42. The van der Waals surface area contributed by atoms with E-state index in [-0.39, 0.29) is 10.6 Å². The standard InChI is InChI=1S/C13H18N2O2/c1-9-3-4-11(6-13(9)15(16)17)7-14-8-12-5-10(12)2/h3-4,6,10,12,14H,5,7-8H2,1-2H3. The Morgan fingerprint density at radius 1 is 1.53 bits per heavy atom. The summed E-state index contributed by atoms with van der Waals surface area (Å²) in [5.74, 6) is 1.64. The van der Waals surface area contributed by atoms with Crippen LogP contribution in [0.3, 0.4) is 0 Å². The molecule has 0 heterocycles. The molecule has 1 fully saturated rings. The molecule has 4 nitrogen and oxygen atoms in total. The van der Waals surface area contributed by atoms with Gasteiger partial charge < -0.3 is 5.32 Å². The average molecular weight is 234 g/mol. The van der Waals surface area contributed by atoms with Crippen molar-refractivity contribution in [2.24, 2.45) is 11.8 Å².